The van der Waals surface area contributed by atoms with Crippen LogP contribution in [0.4, 0.5) is 13.2 Å². The molecule has 0 aliphatic heterocycles. The first-order valence-electron chi connectivity index (χ1n) is 9.55. The first-order chi connectivity index (χ1) is 13.6. The van der Waals surface area contributed by atoms with E-state index in [-0.39, 0.29) is 20.9 Å². The van der Waals surface area contributed by atoms with Crippen molar-refractivity contribution in [2.75, 3.05) is 0 Å². The molecule has 150 valence electrons. The van der Waals surface area contributed by atoms with Crippen LogP contribution in [0.25, 0.3) is 30.6 Å². The molecule has 4 aromatic rings. The monoisotopic (exact) mass is 462 g/mol. The third kappa shape index (κ3) is 3.51. The molecule has 0 amide bonds. The topological polar surface area (TPSA) is 3.88 Å². The molecule has 0 aliphatic rings. The Hall–Kier alpha value is -2.10. The summed E-state index contributed by atoms with van der Waals surface area (Å²) in [6.07, 6.45) is -2.15. The molecular weight excluding hydrogens is 438 g/mol. The Morgan fingerprint density at radius 2 is 1.69 bits per heavy atom. The van der Waals surface area contributed by atoms with Crippen LogP contribution in [0.2, 0.25) is 0 Å². The number of halogens is 3. The summed E-state index contributed by atoms with van der Waals surface area (Å²) in [6.45, 7) is 4.66. The number of hydrogen-bond donors (Lipinski definition) is 0. The standard InChI is InChI=1S/C24H23F3NSe/c1-15-7-5-6-8-17(15)21-22-19(11-12-28(21)4)18-10-9-16(13-20(18)29-22)14-23(2,3)24(25,26)27/h5-13H,14H2,1-4H3/q+1. The van der Waals surface area contributed by atoms with E-state index in [0.717, 1.165) is 10.9 Å². The second-order valence-corrected chi connectivity index (χ2v) is 10.5. The van der Waals surface area contributed by atoms with E-state index in [1.807, 2.05) is 30.3 Å². The predicted octanol–water partition coefficient (Wildman–Crippen LogP) is 5.98. The van der Waals surface area contributed by atoms with Crippen molar-refractivity contribution in [2.24, 2.45) is 12.5 Å². The van der Waals surface area contributed by atoms with Crippen LogP contribution in [0.3, 0.4) is 0 Å². The summed E-state index contributed by atoms with van der Waals surface area (Å²) in [5, 5.41) is 2.36. The number of aromatic nitrogens is 1. The normalized spacial score (nSPS) is 12.8. The minimum absolute atomic E-state index is 0.00532. The molecule has 0 bridgehead atoms. The molecule has 0 aliphatic carbocycles. The Morgan fingerprint density at radius 3 is 2.38 bits per heavy atom. The molecule has 0 spiro atoms. The van der Waals surface area contributed by atoms with Gasteiger partial charge in [-0.25, -0.2) is 0 Å². The summed E-state index contributed by atoms with van der Waals surface area (Å²) >= 11 is 0.0552. The van der Waals surface area contributed by atoms with Crippen molar-refractivity contribution in [1.29, 1.82) is 0 Å². The van der Waals surface area contributed by atoms with Crippen LogP contribution in [0.5, 0.6) is 0 Å². The first-order valence-corrected chi connectivity index (χ1v) is 11.3. The van der Waals surface area contributed by atoms with E-state index in [1.165, 1.54) is 44.6 Å². The van der Waals surface area contributed by atoms with Crippen LogP contribution < -0.4 is 4.57 Å². The number of benzene rings is 2. The molecule has 5 heteroatoms. The average molecular weight is 461 g/mol. The van der Waals surface area contributed by atoms with Gasteiger partial charge in [0.2, 0.25) is 0 Å². The summed E-state index contributed by atoms with van der Waals surface area (Å²) in [5.41, 5.74) is 2.64. The van der Waals surface area contributed by atoms with Crippen molar-refractivity contribution in [3.8, 4) is 11.3 Å². The van der Waals surface area contributed by atoms with Gasteiger partial charge in [-0.05, 0) is 0 Å². The molecule has 0 fully saturated rings. The van der Waals surface area contributed by atoms with E-state index in [4.69, 9.17) is 0 Å². The molecule has 0 atom stereocenters. The predicted molar refractivity (Wildman–Crippen MR) is 113 cm³/mol. The zero-order chi connectivity index (χ0) is 21.0. The van der Waals surface area contributed by atoms with Gasteiger partial charge in [0.1, 0.15) is 0 Å². The summed E-state index contributed by atoms with van der Waals surface area (Å²) in [6, 6.07) is 16.3. The van der Waals surface area contributed by atoms with Gasteiger partial charge in [0, 0.05) is 0 Å². The molecule has 2 aromatic heterocycles. The molecule has 0 saturated heterocycles. The summed E-state index contributed by atoms with van der Waals surface area (Å²) in [5.74, 6) is 0. The zero-order valence-corrected chi connectivity index (χ0v) is 18.6. The summed E-state index contributed by atoms with van der Waals surface area (Å²) < 4.78 is 44.6. The molecule has 4 rings (SSSR count). The van der Waals surface area contributed by atoms with Gasteiger partial charge in [-0.2, -0.15) is 0 Å². The van der Waals surface area contributed by atoms with Crippen molar-refractivity contribution < 1.29 is 17.7 Å². The average Bonchev–Trinajstić information content (AvgIpc) is 2.99. The molecule has 0 saturated carbocycles. The molecular formula is C24H23F3NSe+. The fourth-order valence-electron chi connectivity index (χ4n) is 3.79. The van der Waals surface area contributed by atoms with Crippen LogP contribution in [0.15, 0.2) is 54.7 Å². The van der Waals surface area contributed by atoms with Gasteiger partial charge in [0.05, 0.1) is 0 Å². The fourth-order valence-corrected chi connectivity index (χ4v) is 6.64. The number of nitrogens with zero attached hydrogens (tertiary/aromatic N) is 1. The molecule has 29 heavy (non-hydrogen) atoms. The second-order valence-electron chi connectivity index (χ2n) is 8.32. The SMILES string of the molecule is Cc1ccccc1-c1c2[se]c3cc(CC(C)(C)C(F)(F)F)ccc3c2cc[n+]1C. The van der Waals surface area contributed by atoms with Crippen LogP contribution in [0.1, 0.15) is 25.0 Å². The van der Waals surface area contributed by atoms with Gasteiger partial charge in [-0.15, -0.1) is 0 Å². The van der Waals surface area contributed by atoms with Gasteiger partial charge in [-0.1, -0.05) is 0 Å². The number of rotatable bonds is 3. The van der Waals surface area contributed by atoms with Crippen molar-refractivity contribution >= 4 is 33.8 Å². The number of hydrogen-bond acceptors (Lipinski definition) is 0. The van der Waals surface area contributed by atoms with Gasteiger partial charge in [0.25, 0.3) is 0 Å². The maximum atomic E-state index is 13.3. The third-order valence-corrected chi connectivity index (χ3v) is 8.10. The molecule has 0 N–H and O–H groups in total. The Morgan fingerprint density at radius 1 is 0.966 bits per heavy atom. The molecule has 0 unspecified atom stereocenters. The Labute approximate surface area is 174 Å². The van der Waals surface area contributed by atoms with Crippen LogP contribution >= 0.6 is 0 Å². The van der Waals surface area contributed by atoms with E-state index >= 15 is 0 Å². The first kappa shape index (κ1) is 20.2. The van der Waals surface area contributed by atoms with Gasteiger partial charge in [-0.3, -0.25) is 0 Å². The number of alkyl halides is 3. The van der Waals surface area contributed by atoms with Gasteiger partial charge in [0.15, 0.2) is 0 Å². The van der Waals surface area contributed by atoms with Crippen molar-refractivity contribution in [1.82, 2.24) is 0 Å². The Balaban J connectivity index is 1.89. The zero-order valence-electron chi connectivity index (χ0n) is 16.9. The van der Waals surface area contributed by atoms with Crippen molar-refractivity contribution in [2.45, 2.75) is 33.4 Å². The van der Waals surface area contributed by atoms with E-state index in [9.17, 15) is 13.2 Å². The van der Waals surface area contributed by atoms with Gasteiger partial charge < -0.3 is 0 Å². The van der Waals surface area contributed by atoms with E-state index in [2.05, 4.69) is 42.9 Å². The molecule has 1 nitrogen and oxygen atoms in total. The van der Waals surface area contributed by atoms with E-state index < -0.39 is 11.6 Å². The minimum atomic E-state index is -4.22. The third-order valence-electron chi connectivity index (χ3n) is 5.64. The van der Waals surface area contributed by atoms with Crippen LogP contribution in [0, 0.1) is 12.3 Å². The number of aryl methyl sites for hydroxylation is 2. The van der Waals surface area contributed by atoms with Crippen molar-refractivity contribution in [3.05, 3.63) is 65.9 Å². The molecule has 0 radical (unpaired) electrons. The van der Waals surface area contributed by atoms with Crippen LogP contribution in [-0.4, -0.2) is 20.7 Å². The summed E-state index contributed by atoms with van der Waals surface area (Å²) in [4.78, 5) is 0. The van der Waals surface area contributed by atoms with E-state index in [1.54, 1.807) is 0 Å². The fraction of sp³-hybridized carbons (Fsp3) is 0.292. The Bertz CT molecular complexity index is 1220. The number of fused-ring (bicyclic) bond motifs is 3. The quantitative estimate of drug-likeness (QED) is 0.261. The maximum absolute atomic E-state index is 13.3. The van der Waals surface area contributed by atoms with E-state index in [0.29, 0.717) is 0 Å². The van der Waals surface area contributed by atoms with Gasteiger partial charge >= 0.3 is 174 Å². The number of pyridine rings is 1. The second kappa shape index (κ2) is 7.00. The Kier molecular flexibility index (Phi) is 4.87. The summed E-state index contributed by atoms with van der Waals surface area (Å²) in [7, 11) is 2.05. The molecule has 2 heterocycles. The van der Waals surface area contributed by atoms with Crippen LogP contribution in [-0.2, 0) is 13.5 Å². The van der Waals surface area contributed by atoms with Crippen molar-refractivity contribution in [3.63, 3.8) is 0 Å². The molecule has 2 aromatic carbocycles.